The summed E-state index contributed by atoms with van der Waals surface area (Å²) in [6, 6.07) is 3.98. The molecule has 3 aliphatic rings. The summed E-state index contributed by atoms with van der Waals surface area (Å²) in [4.78, 5) is 15.1. The van der Waals surface area contributed by atoms with Gasteiger partial charge in [-0.15, -0.1) is 0 Å². The fourth-order valence-electron chi connectivity index (χ4n) is 4.08. The van der Waals surface area contributed by atoms with E-state index in [2.05, 4.69) is 20.9 Å². The number of benzene rings is 1. The standard InChI is InChI=1S/C17H18BrNO3/c18-13-10-15-14(21-17(22-15)7-3-4-8-17)9-12(13)16(19-11-20)5-1-2-6-16/h9-10H,1-8H2. The van der Waals surface area contributed by atoms with Gasteiger partial charge in [0, 0.05) is 17.3 Å². The number of aliphatic imine (C=N–C) groups is 1. The first-order valence-corrected chi connectivity index (χ1v) is 8.77. The first-order valence-electron chi connectivity index (χ1n) is 7.98. The van der Waals surface area contributed by atoms with Gasteiger partial charge in [-0.25, -0.2) is 4.79 Å². The van der Waals surface area contributed by atoms with E-state index in [0.29, 0.717) is 0 Å². The summed E-state index contributed by atoms with van der Waals surface area (Å²) in [7, 11) is 0. The van der Waals surface area contributed by atoms with E-state index in [9.17, 15) is 4.79 Å². The summed E-state index contributed by atoms with van der Waals surface area (Å²) in [6.45, 7) is 0. The monoisotopic (exact) mass is 363 g/mol. The molecule has 2 fully saturated rings. The molecule has 5 heteroatoms. The van der Waals surface area contributed by atoms with Crippen LogP contribution < -0.4 is 9.47 Å². The van der Waals surface area contributed by atoms with Crippen LogP contribution in [0.5, 0.6) is 11.5 Å². The zero-order chi connectivity index (χ0) is 15.2. The molecule has 1 aromatic rings. The van der Waals surface area contributed by atoms with Crippen molar-refractivity contribution in [3.05, 3.63) is 22.2 Å². The highest BCUT2D eigenvalue weighted by molar-refractivity contribution is 9.10. The molecule has 4 rings (SSSR count). The summed E-state index contributed by atoms with van der Waals surface area (Å²) < 4.78 is 13.2. The van der Waals surface area contributed by atoms with Gasteiger partial charge in [-0.1, -0.05) is 28.8 Å². The number of rotatable bonds is 2. The van der Waals surface area contributed by atoms with Crippen molar-refractivity contribution in [3.63, 3.8) is 0 Å². The highest BCUT2D eigenvalue weighted by atomic mass is 79.9. The molecule has 4 nitrogen and oxygen atoms in total. The van der Waals surface area contributed by atoms with Gasteiger partial charge < -0.3 is 9.47 Å². The van der Waals surface area contributed by atoms with Crippen LogP contribution in [0.4, 0.5) is 0 Å². The summed E-state index contributed by atoms with van der Waals surface area (Å²) in [5.74, 6) is 1.12. The number of carbonyl (C=O) groups excluding carboxylic acids is 1. The van der Waals surface area contributed by atoms with Crippen LogP contribution in [0.15, 0.2) is 21.6 Å². The Hall–Kier alpha value is -1.32. The van der Waals surface area contributed by atoms with Gasteiger partial charge in [-0.3, -0.25) is 0 Å². The predicted molar refractivity (Wildman–Crippen MR) is 84.9 cm³/mol. The van der Waals surface area contributed by atoms with Crippen LogP contribution in [0.3, 0.4) is 0 Å². The Kier molecular flexibility index (Phi) is 3.31. The maximum atomic E-state index is 10.9. The zero-order valence-corrected chi connectivity index (χ0v) is 13.9. The molecule has 0 bridgehead atoms. The Bertz CT molecular complexity index is 654. The summed E-state index contributed by atoms with van der Waals surface area (Å²) in [5, 5.41) is 0. The van der Waals surface area contributed by atoms with Gasteiger partial charge in [0.2, 0.25) is 6.08 Å². The smallest absolute Gasteiger partial charge is 0.251 e. The van der Waals surface area contributed by atoms with Crippen molar-refractivity contribution in [2.24, 2.45) is 4.99 Å². The highest BCUT2D eigenvalue weighted by Gasteiger charge is 2.46. The molecule has 2 aliphatic carbocycles. The van der Waals surface area contributed by atoms with Crippen LogP contribution in [0.2, 0.25) is 0 Å². The van der Waals surface area contributed by atoms with E-state index in [1.807, 2.05) is 12.1 Å². The molecule has 0 unspecified atom stereocenters. The third-order valence-corrected chi connectivity index (χ3v) is 5.84. The SMILES string of the molecule is O=C=NC1(c2cc3c(cc2Br)OC2(CCCC2)O3)CCCC1. The van der Waals surface area contributed by atoms with E-state index in [1.54, 1.807) is 6.08 Å². The molecule has 22 heavy (non-hydrogen) atoms. The fraction of sp³-hybridized carbons (Fsp3) is 0.588. The lowest BCUT2D eigenvalue weighted by Crippen LogP contribution is -2.34. The van der Waals surface area contributed by atoms with Crippen molar-refractivity contribution in [2.75, 3.05) is 0 Å². The fourth-order valence-corrected chi connectivity index (χ4v) is 4.77. The van der Waals surface area contributed by atoms with Crippen molar-refractivity contribution in [3.8, 4) is 11.5 Å². The van der Waals surface area contributed by atoms with Crippen molar-refractivity contribution < 1.29 is 14.3 Å². The average Bonchev–Trinajstić information content (AvgIpc) is 3.20. The molecule has 1 spiro atoms. The lowest BCUT2D eigenvalue weighted by Gasteiger charge is -2.24. The van der Waals surface area contributed by atoms with Crippen LogP contribution >= 0.6 is 15.9 Å². The van der Waals surface area contributed by atoms with Crippen molar-refractivity contribution in [1.29, 1.82) is 0 Å². The topological polar surface area (TPSA) is 47.9 Å². The molecule has 0 amide bonds. The molecule has 1 aromatic carbocycles. The van der Waals surface area contributed by atoms with E-state index < -0.39 is 11.3 Å². The van der Waals surface area contributed by atoms with Gasteiger partial charge in [0.15, 0.2) is 11.5 Å². The Labute approximate surface area is 138 Å². The van der Waals surface area contributed by atoms with Gasteiger partial charge in [0.25, 0.3) is 5.79 Å². The van der Waals surface area contributed by atoms with Crippen molar-refractivity contribution in [2.45, 2.75) is 62.7 Å². The van der Waals surface area contributed by atoms with Crippen LogP contribution in [-0.4, -0.2) is 11.9 Å². The largest absolute Gasteiger partial charge is 0.448 e. The molecule has 0 saturated heterocycles. The first-order chi connectivity index (χ1) is 10.7. The number of hydrogen-bond donors (Lipinski definition) is 0. The minimum absolute atomic E-state index is 0.454. The predicted octanol–water partition coefficient (Wildman–Crippen LogP) is 4.60. The summed E-state index contributed by atoms with van der Waals surface area (Å²) in [6.07, 6.45) is 9.85. The quantitative estimate of drug-likeness (QED) is 0.569. The molecule has 1 heterocycles. The minimum Gasteiger partial charge on any atom is -0.448 e. The van der Waals surface area contributed by atoms with Gasteiger partial charge in [-0.05, 0) is 43.4 Å². The molecular formula is C17H18BrNO3. The Balaban J connectivity index is 1.76. The molecule has 0 N–H and O–H groups in total. The molecule has 0 radical (unpaired) electrons. The molecule has 116 valence electrons. The number of fused-ring (bicyclic) bond motifs is 1. The lowest BCUT2D eigenvalue weighted by atomic mass is 9.88. The number of nitrogens with zero attached hydrogens (tertiary/aromatic N) is 1. The Morgan fingerprint density at radius 1 is 1.00 bits per heavy atom. The van der Waals surface area contributed by atoms with E-state index >= 15 is 0 Å². The van der Waals surface area contributed by atoms with Gasteiger partial charge in [0.1, 0.15) is 0 Å². The third-order valence-electron chi connectivity index (χ3n) is 5.18. The van der Waals surface area contributed by atoms with Crippen LogP contribution in [0, 0.1) is 0 Å². The Morgan fingerprint density at radius 3 is 2.23 bits per heavy atom. The maximum absolute atomic E-state index is 10.9. The number of hydrogen-bond acceptors (Lipinski definition) is 4. The van der Waals surface area contributed by atoms with Crippen molar-refractivity contribution >= 4 is 22.0 Å². The number of ether oxygens (including phenoxy) is 2. The first kappa shape index (κ1) is 14.3. The van der Waals surface area contributed by atoms with E-state index in [0.717, 1.165) is 72.9 Å². The van der Waals surface area contributed by atoms with Gasteiger partial charge >= 0.3 is 0 Å². The maximum Gasteiger partial charge on any atom is 0.251 e. The zero-order valence-electron chi connectivity index (χ0n) is 12.4. The normalized spacial score (nSPS) is 23.7. The molecule has 1 aliphatic heterocycles. The van der Waals surface area contributed by atoms with E-state index in [4.69, 9.17) is 9.47 Å². The molecule has 0 atom stereocenters. The average molecular weight is 364 g/mol. The Morgan fingerprint density at radius 2 is 1.59 bits per heavy atom. The van der Waals surface area contributed by atoms with E-state index in [-0.39, 0.29) is 0 Å². The van der Waals surface area contributed by atoms with Gasteiger partial charge in [0.05, 0.1) is 5.54 Å². The molecule has 2 saturated carbocycles. The number of halogens is 1. The van der Waals surface area contributed by atoms with Crippen LogP contribution in [0.1, 0.15) is 56.9 Å². The van der Waals surface area contributed by atoms with E-state index in [1.165, 1.54) is 0 Å². The number of isocyanates is 1. The van der Waals surface area contributed by atoms with Crippen LogP contribution in [-0.2, 0) is 10.3 Å². The van der Waals surface area contributed by atoms with Crippen molar-refractivity contribution in [1.82, 2.24) is 0 Å². The molecule has 0 aromatic heterocycles. The van der Waals surface area contributed by atoms with Crippen LogP contribution in [0.25, 0.3) is 0 Å². The highest BCUT2D eigenvalue weighted by Crippen LogP contribution is 2.52. The summed E-state index contributed by atoms with van der Waals surface area (Å²) >= 11 is 3.64. The summed E-state index contributed by atoms with van der Waals surface area (Å²) in [5.41, 5.74) is 0.565. The second-order valence-corrected chi connectivity index (χ2v) is 7.40. The minimum atomic E-state index is -0.461. The lowest BCUT2D eigenvalue weighted by molar-refractivity contribution is -0.0716. The third kappa shape index (κ3) is 2.10. The molecular weight excluding hydrogens is 346 g/mol. The van der Waals surface area contributed by atoms with Gasteiger partial charge in [-0.2, -0.15) is 4.99 Å². The second-order valence-electron chi connectivity index (χ2n) is 6.54. The second kappa shape index (κ2) is 5.10.